The van der Waals surface area contributed by atoms with Gasteiger partial charge in [0, 0.05) is 28.9 Å². The number of para-hydroxylation sites is 1. The van der Waals surface area contributed by atoms with E-state index < -0.39 is 12.0 Å². The predicted octanol–water partition coefficient (Wildman–Crippen LogP) is 2.74. The molecule has 0 bridgehead atoms. The third kappa shape index (κ3) is 2.14. The van der Waals surface area contributed by atoms with Gasteiger partial charge in [0.1, 0.15) is 6.04 Å². The van der Waals surface area contributed by atoms with Gasteiger partial charge in [0.05, 0.1) is 11.7 Å². The fourth-order valence-corrected chi connectivity index (χ4v) is 2.04. The highest BCUT2D eigenvalue weighted by molar-refractivity contribution is 5.83. The van der Waals surface area contributed by atoms with Gasteiger partial charge in [0.2, 0.25) is 0 Å². The van der Waals surface area contributed by atoms with Gasteiger partial charge in [-0.25, -0.2) is 4.79 Å². The SMILES string of the molecule is CC(C(=O)O)n1cc(-c2cnc3ccccc3c2)cn1. The number of benzene rings is 1. The summed E-state index contributed by atoms with van der Waals surface area (Å²) in [5.41, 5.74) is 2.71. The highest BCUT2D eigenvalue weighted by atomic mass is 16.4. The van der Waals surface area contributed by atoms with E-state index in [0.717, 1.165) is 22.0 Å². The van der Waals surface area contributed by atoms with Crippen LogP contribution < -0.4 is 0 Å². The zero-order valence-corrected chi connectivity index (χ0v) is 10.9. The lowest BCUT2D eigenvalue weighted by molar-refractivity contribution is -0.140. The second-order valence-corrected chi connectivity index (χ2v) is 4.64. The number of carboxylic acid groups (broad SMARTS) is 1. The Morgan fingerprint density at radius 3 is 2.85 bits per heavy atom. The first-order chi connectivity index (χ1) is 9.65. The topological polar surface area (TPSA) is 68.0 Å². The van der Waals surface area contributed by atoms with Gasteiger partial charge < -0.3 is 5.11 Å². The molecule has 2 heterocycles. The molecule has 1 N–H and O–H groups in total. The van der Waals surface area contributed by atoms with Crippen molar-refractivity contribution in [1.29, 1.82) is 0 Å². The Balaban J connectivity index is 2.01. The van der Waals surface area contributed by atoms with E-state index in [4.69, 9.17) is 5.11 Å². The lowest BCUT2D eigenvalue weighted by atomic mass is 10.1. The van der Waals surface area contributed by atoms with Crippen molar-refractivity contribution in [2.24, 2.45) is 0 Å². The van der Waals surface area contributed by atoms with Crippen molar-refractivity contribution in [2.45, 2.75) is 13.0 Å². The van der Waals surface area contributed by atoms with Crippen LogP contribution in [0.1, 0.15) is 13.0 Å². The standard InChI is InChI=1S/C15H13N3O2/c1-10(15(19)20)18-9-13(8-17-18)12-6-11-4-2-3-5-14(11)16-7-12/h2-10H,1H3,(H,19,20). The summed E-state index contributed by atoms with van der Waals surface area (Å²) < 4.78 is 1.44. The predicted molar refractivity (Wildman–Crippen MR) is 75.3 cm³/mol. The van der Waals surface area contributed by atoms with Crippen LogP contribution >= 0.6 is 0 Å². The minimum absolute atomic E-state index is 0.683. The Bertz CT molecular complexity index is 779. The number of hydrogen-bond donors (Lipinski definition) is 1. The minimum atomic E-state index is -0.906. The van der Waals surface area contributed by atoms with Crippen molar-refractivity contribution < 1.29 is 9.90 Å². The summed E-state index contributed by atoms with van der Waals surface area (Å²) in [4.78, 5) is 15.3. The molecule has 1 atom stereocenters. The normalized spacial score (nSPS) is 12.4. The molecule has 5 heteroatoms. The van der Waals surface area contributed by atoms with Crippen LogP contribution in [0, 0.1) is 0 Å². The number of nitrogens with zero attached hydrogens (tertiary/aromatic N) is 3. The molecular weight excluding hydrogens is 254 g/mol. The van der Waals surface area contributed by atoms with Gasteiger partial charge in [-0.15, -0.1) is 0 Å². The lowest BCUT2D eigenvalue weighted by Gasteiger charge is -2.05. The van der Waals surface area contributed by atoms with Gasteiger partial charge in [-0.05, 0) is 19.1 Å². The first-order valence-electron chi connectivity index (χ1n) is 6.27. The van der Waals surface area contributed by atoms with Gasteiger partial charge in [0.15, 0.2) is 0 Å². The number of pyridine rings is 1. The van der Waals surface area contributed by atoms with Crippen molar-refractivity contribution in [3.05, 3.63) is 48.9 Å². The van der Waals surface area contributed by atoms with Crippen molar-refractivity contribution in [3.63, 3.8) is 0 Å². The Morgan fingerprint density at radius 1 is 1.25 bits per heavy atom. The molecule has 0 aliphatic rings. The van der Waals surface area contributed by atoms with Gasteiger partial charge in [-0.2, -0.15) is 5.10 Å². The van der Waals surface area contributed by atoms with E-state index in [2.05, 4.69) is 10.1 Å². The molecule has 5 nitrogen and oxygen atoms in total. The zero-order chi connectivity index (χ0) is 14.1. The maximum Gasteiger partial charge on any atom is 0.328 e. The second kappa shape index (κ2) is 4.77. The van der Waals surface area contributed by atoms with Crippen LogP contribution in [0.3, 0.4) is 0 Å². The molecule has 0 amide bonds. The molecule has 20 heavy (non-hydrogen) atoms. The molecule has 0 saturated carbocycles. The zero-order valence-electron chi connectivity index (χ0n) is 10.9. The fourth-order valence-electron chi connectivity index (χ4n) is 2.04. The first kappa shape index (κ1) is 12.3. The number of hydrogen-bond acceptors (Lipinski definition) is 3. The van der Waals surface area contributed by atoms with Gasteiger partial charge in [-0.3, -0.25) is 9.67 Å². The van der Waals surface area contributed by atoms with Gasteiger partial charge >= 0.3 is 5.97 Å². The molecule has 0 radical (unpaired) electrons. The third-order valence-corrected chi connectivity index (χ3v) is 3.28. The van der Waals surface area contributed by atoms with Gasteiger partial charge in [-0.1, -0.05) is 18.2 Å². The molecule has 2 aromatic heterocycles. The van der Waals surface area contributed by atoms with E-state index in [9.17, 15) is 4.79 Å². The summed E-state index contributed by atoms with van der Waals surface area (Å²) in [6.45, 7) is 1.59. The Hall–Kier alpha value is -2.69. The molecule has 100 valence electrons. The van der Waals surface area contributed by atoms with E-state index in [1.807, 2.05) is 30.3 Å². The quantitative estimate of drug-likeness (QED) is 0.792. The molecule has 3 rings (SSSR count). The monoisotopic (exact) mass is 267 g/mol. The first-order valence-corrected chi connectivity index (χ1v) is 6.27. The summed E-state index contributed by atoms with van der Waals surface area (Å²) in [6.07, 6.45) is 5.16. The Morgan fingerprint density at radius 2 is 2.05 bits per heavy atom. The third-order valence-electron chi connectivity index (χ3n) is 3.28. The lowest BCUT2D eigenvalue weighted by Crippen LogP contribution is -2.15. The highest BCUT2D eigenvalue weighted by Crippen LogP contribution is 2.23. The smallest absolute Gasteiger partial charge is 0.328 e. The van der Waals surface area contributed by atoms with Crippen LogP contribution in [0.5, 0.6) is 0 Å². The number of fused-ring (bicyclic) bond motifs is 1. The van der Waals surface area contributed by atoms with E-state index in [1.165, 1.54) is 4.68 Å². The number of carboxylic acids is 1. The number of aromatic nitrogens is 3. The van der Waals surface area contributed by atoms with E-state index in [-0.39, 0.29) is 0 Å². The minimum Gasteiger partial charge on any atom is -0.480 e. The van der Waals surface area contributed by atoms with Crippen molar-refractivity contribution in [2.75, 3.05) is 0 Å². The van der Waals surface area contributed by atoms with Crippen LogP contribution in [0.15, 0.2) is 48.9 Å². The summed E-state index contributed by atoms with van der Waals surface area (Å²) in [6, 6.07) is 9.20. The number of rotatable bonds is 3. The molecule has 0 fully saturated rings. The summed E-state index contributed by atoms with van der Waals surface area (Å²) >= 11 is 0. The van der Waals surface area contributed by atoms with E-state index in [0.29, 0.717) is 0 Å². The molecule has 1 unspecified atom stereocenters. The van der Waals surface area contributed by atoms with Crippen LogP contribution in [0.4, 0.5) is 0 Å². The number of carbonyl (C=O) groups is 1. The van der Waals surface area contributed by atoms with Crippen LogP contribution in [0.2, 0.25) is 0 Å². The molecule has 0 saturated heterocycles. The number of aliphatic carboxylic acids is 1. The van der Waals surface area contributed by atoms with Crippen LogP contribution in [-0.2, 0) is 4.79 Å². The van der Waals surface area contributed by atoms with Crippen LogP contribution in [-0.4, -0.2) is 25.8 Å². The fraction of sp³-hybridized carbons (Fsp3) is 0.133. The maximum atomic E-state index is 10.9. The van der Waals surface area contributed by atoms with Gasteiger partial charge in [0.25, 0.3) is 0 Å². The van der Waals surface area contributed by atoms with E-state index in [1.54, 1.807) is 25.5 Å². The average molecular weight is 267 g/mol. The Kier molecular flexibility index (Phi) is 2.95. The summed E-state index contributed by atoms with van der Waals surface area (Å²) in [5.74, 6) is -0.906. The van der Waals surface area contributed by atoms with Crippen molar-refractivity contribution in [3.8, 4) is 11.1 Å². The average Bonchev–Trinajstić information content (AvgIpc) is 2.95. The molecule has 0 aliphatic carbocycles. The molecule has 3 aromatic rings. The molecular formula is C15H13N3O2. The van der Waals surface area contributed by atoms with E-state index >= 15 is 0 Å². The summed E-state index contributed by atoms with van der Waals surface area (Å²) in [7, 11) is 0. The second-order valence-electron chi connectivity index (χ2n) is 4.64. The maximum absolute atomic E-state index is 10.9. The highest BCUT2D eigenvalue weighted by Gasteiger charge is 2.14. The molecule has 0 spiro atoms. The largest absolute Gasteiger partial charge is 0.480 e. The molecule has 1 aromatic carbocycles. The Labute approximate surface area is 115 Å². The summed E-state index contributed by atoms with van der Waals surface area (Å²) in [5, 5.41) is 14.1. The molecule has 0 aliphatic heterocycles. The van der Waals surface area contributed by atoms with Crippen molar-refractivity contribution in [1.82, 2.24) is 14.8 Å². The van der Waals surface area contributed by atoms with Crippen LogP contribution in [0.25, 0.3) is 22.0 Å². The van der Waals surface area contributed by atoms with Crippen molar-refractivity contribution >= 4 is 16.9 Å².